The van der Waals surface area contributed by atoms with Gasteiger partial charge in [-0.15, -0.1) is 0 Å². The summed E-state index contributed by atoms with van der Waals surface area (Å²) in [4.78, 5) is 12.4. The molecule has 3 rings (SSSR count). The Bertz CT molecular complexity index is 869. The summed E-state index contributed by atoms with van der Waals surface area (Å²) in [6.07, 6.45) is 1.43. The Morgan fingerprint density at radius 2 is 1.92 bits per heavy atom. The summed E-state index contributed by atoms with van der Waals surface area (Å²) < 4.78 is 26.4. The number of carbonyl (C=O) groups excluding carboxylic acids is 1. The van der Waals surface area contributed by atoms with Gasteiger partial charge < -0.3 is 5.32 Å². The highest BCUT2D eigenvalue weighted by Crippen LogP contribution is 2.22. The van der Waals surface area contributed by atoms with E-state index in [1.54, 1.807) is 0 Å². The third kappa shape index (κ3) is 3.48. The van der Waals surface area contributed by atoms with Crippen molar-refractivity contribution in [3.8, 4) is 11.3 Å². The van der Waals surface area contributed by atoms with Crippen molar-refractivity contribution in [2.24, 2.45) is 0 Å². The van der Waals surface area contributed by atoms with Crippen LogP contribution in [0.2, 0.25) is 0 Å². The molecule has 1 heterocycles. The van der Waals surface area contributed by atoms with Gasteiger partial charge in [-0.1, -0.05) is 23.8 Å². The number of aromatic amines is 1. The average molecular weight is 327 g/mol. The van der Waals surface area contributed by atoms with Gasteiger partial charge in [-0.2, -0.15) is 5.10 Å². The normalized spacial score (nSPS) is 10.6. The number of carbonyl (C=O) groups is 1. The molecule has 3 aromatic rings. The zero-order valence-corrected chi connectivity index (χ0v) is 12.9. The maximum Gasteiger partial charge on any atom is 0.255 e. The molecule has 0 radical (unpaired) electrons. The van der Waals surface area contributed by atoms with E-state index >= 15 is 0 Å². The molecule has 2 aromatic carbocycles. The van der Waals surface area contributed by atoms with Gasteiger partial charge in [0.1, 0.15) is 11.6 Å². The number of nitrogens with one attached hydrogen (secondary N) is 2. The molecule has 0 fully saturated rings. The summed E-state index contributed by atoms with van der Waals surface area (Å²) >= 11 is 0. The number of aryl methyl sites for hydroxylation is 1. The fourth-order valence-electron chi connectivity index (χ4n) is 2.47. The van der Waals surface area contributed by atoms with Gasteiger partial charge in [-0.3, -0.25) is 9.89 Å². The van der Waals surface area contributed by atoms with Crippen LogP contribution in [0.25, 0.3) is 11.3 Å². The molecular weight excluding hydrogens is 312 g/mol. The van der Waals surface area contributed by atoms with E-state index in [0.29, 0.717) is 16.8 Å². The highest BCUT2D eigenvalue weighted by molar-refractivity contribution is 5.99. The monoisotopic (exact) mass is 327 g/mol. The van der Waals surface area contributed by atoms with Crippen molar-refractivity contribution >= 4 is 5.91 Å². The predicted molar refractivity (Wildman–Crippen MR) is 86.3 cm³/mol. The van der Waals surface area contributed by atoms with Crippen LogP contribution in [0.4, 0.5) is 8.78 Å². The SMILES string of the molecule is Cc1cccc(-c2[nH]ncc2C(=O)NCc2cc(F)cc(F)c2)c1. The molecule has 0 unspecified atom stereocenters. The molecule has 4 nitrogen and oxygen atoms in total. The number of aromatic nitrogens is 2. The molecule has 0 aliphatic carbocycles. The van der Waals surface area contributed by atoms with Gasteiger partial charge in [0.05, 0.1) is 17.5 Å². The Kier molecular flexibility index (Phi) is 4.37. The zero-order chi connectivity index (χ0) is 17.1. The van der Waals surface area contributed by atoms with Gasteiger partial charge >= 0.3 is 0 Å². The van der Waals surface area contributed by atoms with Crippen LogP contribution in [0.5, 0.6) is 0 Å². The van der Waals surface area contributed by atoms with Crippen molar-refractivity contribution in [2.45, 2.75) is 13.5 Å². The minimum atomic E-state index is -0.678. The summed E-state index contributed by atoms with van der Waals surface area (Å²) in [5.74, 6) is -1.73. The molecular formula is C18H15F2N3O. The lowest BCUT2D eigenvalue weighted by atomic mass is 10.1. The molecule has 0 saturated carbocycles. The minimum Gasteiger partial charge on any atom is -0.348 e. The number of H-pyrrole nitrogens is 1. The zero-order valence-electron chi connectivity index (χ0n) is 12.9. The van der Waals surface area contributed by atoms with E-state index in [2.05, 4.69) is 15.5 Å². The Morgan fingerprint density at radius 3 is 2.62 bits per heavy atom. The molecule has 122 valence electrons. The molecule has 0 bridgehead atoms. The Balaban J connectivity index is 1.78. The average Bonchev–Trinajstić information content (AvgIpc) is 3.01. The first-order valence-corrected chi connectivity index (χ1v) is 7.36. The molecule has 0 atom stereocenters. The van der Waals surface area contributed by atoms with E-state index in [1.807, 2.05) is 31.2 Å². The summed E-state index contributed by atoms with van der Waals surface area (Å²) in [6.45, 7) is 1.98. The second kappa shape index (κ2) is 6.62. The van der Waals surface area contributed by atoms with Crippen LogP contribution < -0.4 is 5.32 Å². The lowest BCUT2D eigenvalue weighted by Crippen LogP contribution is -2.23. The van der Waals surface area contributed by atoms with Crippen molar-refractivity contribution in [3.63, 3.8) is 0 Å². The van der Waals surface area contributed by atoms with Crippen LogP contribution in [0.3, 0.4) is 0 Å². The largest absolute Gasteiger partial charge is 0.348 e. The maximum absolute atomic E-state index is 13.2. The molecule has 1 aromatic heterocycles. The lowest BCUT2D eigenvalue weighted by Gasteiger charge is -2.07. The lowest BCUT2D eigenvalue weighted by molar-refractivity contribution is 0.0951. The number of amides is 1. The van der Waals surface area contributed by atoms with Crippen molar-refractivity contribution in [3.05, 3.63) is 77.0 Å². The van der Waals surface area contributed by atoms with Gasteiger partial charge in [-0.05, 0) is 30.7 Å². The summed E-state index contributed by atoms with van der Waals surface area (Å²) in [7, 11) is 0. The summed E-state index contributed by atoms with van der Waals surface area (Å²) in [5.41, 5.74) is 3.22. The summed E-state index contributed by atoms with van der Waals surface area (Å²) in [5, 5.41) is 9.39. The van der Waals surface area contributed by atoms with Crippen molar-refractivity contribution in [1.29, 1.82) is 0 Å². The highest BCUT2D eigenvalue weighted by Gasteiger charge is 2.15. The third-order valence-corrected chi connectivity index (χ3v) is 3.57. The van der Waals surface area contributed by atoms with Gasteiger partial charge in [0.15, 0.2) is 0 Å². The molecule has 1 amide bonds. The molecule has 0 saturated heterocycles. The van der Waals surface area contributed by atoms with Crippen molar-refractivity contribution in [1.82, 2.24) is 15.5 Å². The number of benzene rings is 2. The molecule has 0 spiro atoms. The predicted octanol–water partition coefficient (Wildman–Crippen LogP) is 3.59. The number of halogens is 2. The van der Waals surface area contributed by atoms with Crippen LogP contribution >= 0.6 is 0 Å². The van der Waals surface area contributed by atoms with Gasteiger partial charge in [0, 0.05) is 18.2 Å². The van der Waals surface area contributed by atoms with Gasteiger partial charge in [-0.25, -0.2) is 8.78 Å². The van der Waals surface area contributed by atoms with Crippen LogP contribution in [0.1, 0.15) is 21.5 Å². The van der Waals surface area contributed by atoms with Crippen LogP contribution in [-0.2, 0) is 6.54 Å². The van der Waals surface area contributed by atoms with E-state index in [1.165, 1.54) is 18.3 Å². The van der Waals surface area contributed by atoms with E-state index in [9.17, 15) is 13.6 Å². The Hall–Kier alpha value is -3.02. The van der Waals surface area contributed by atoms with Gasteiger partial charge in [0.2, 0.25) is 0 Å². The first-order valence-electron chi connectivity index (χ1n) is 7.36. The summed E-state index contributed by atoms with van der Waals surface area (Å²) in [6, 6.07) is 10.8. The first-order chi connectivity index (χ1) is 11.5. The minimum absolute atomic E-state index is 0.0198. The quantitative estimate of drug-likeness (QED) is 0.769. The Morgan fingerprint density at radius 1 is 1.17 bits per heavy atom. The third-order valence-electron chi connectivity index (χ3n) is 3.57. The smallest absolute Gasteiger partial charge is 0.255 e. The number of hydrogen-bond donors (Lipinski definition) is 2. The van der Waals surface area contributed by atoms with E-state index in [4.69, 9.17) is 0 Å². The second-order valence-electron chi connectivity index (χ2n) is 5.49. The van der Waals surface area contributed by atoms with Crippen molar-refractivity contribution in [2.75, 3.05) is 0 Å². The Labute approximate surface area is 137 Å². The fourth-order valence-corrected chi connectivity index (χ4v) is 2.47. The van der Waals surface area contributed by atoms with E-state index in [-0.39, 0.29) is 12.5 Å². The fraction of sp³-hybridized carbons (Fsp3) is 0.111. The van der Waals surface area contributed by atoms with Gasteiger partial charge in [0.25, 0.3) is 5.91 Å². The number of hydrogen-bond acceptors (Lipinski definition) is 2. The second-order valence-corrected chi connectivity index (χ2v) is 5.49. The van der Waals surface area contributed by atoms with Crippen LogP contribution in [-0.4, -0.2) is 16.1 Å². The number of rotatable bonds is 4. The van der Waals surface area contributed by atoms with Crippen LogP contribution in [0.15, 0.2) is 48.7 Å². The molecule has 24 heavy (non-hydrogen) atoms. The van der Waals surface area contributed by atoms with E-state index in [0.717, 1.165) is 17.2 Å². The highest BCUT2D eigenvalue weighted by atomic mass is 19.1. The van der Waals surface area contributed by atoms with Crippen LogP contribution in [0, 0.1) is 18.6 Å². The topological polar surface area (TPSA) is 57.8 Å². The van der Waals surface area contributed by atoms with E-state index < -0.39 is 11.6 Å². The van der Waals surface area contributed by atoms with Crippen molar-refractivity contribution < 1.29 is 13.6 Å². The maximum atomic E-state index is 13.2. The molecule has 2 N–H and O–H groups in total. The standard InChI is InChI=1S/C18H15F2N3O/c1-11-3-2-4-13(5-11)17-16(10-22-23-17)18(24)21-9-12-6-14(19)8-15(20)7-12/h2-8,10H,9H2,1H3,(H,21,24)(H,22,23). The number of nitrogens with zero attached hydrogens (tertiary/aromatic N) is 1. The molecule has 6 heteroatoms. The molecule has 0 aliphatic rings. The molecule has 0 aliphatic heterocycles. The first kappa shape index (κ1) is 15.9.